The maximum Gasteiger partial charge on any atom is 0.305 e. The molecule has 144 valence electrons. The Kier molecular flexibility index (Phi) is 7.56. The van der Waals surface area contributed by atoms with Gasteiger partial charge in [-0.15, -0.1) is 0 Å². The standard InChI is InChI=1S/C19H28N2O5/c1-24-16-10-9-14(12-17(16)25-2)20-15-6-5-11-21(13-15)18(22)7-4-8-19(23)26-3/h9-10,12,15,20H,4-8,11,13H2,1-3H3/t15-/m1/s1. The van der Waals surface area contributed by atoms with Gasteiger partial charge in [0.05, 0.1) is 21.3 Å². The van der Waals surface area contributed by atoms with Gasteiger partial charge >= 0.3 is 5.97 Å². The molecule has 2 rings (SSSR count). The molecule has 1 aromatic rings. The summed E-state index contributed by atoms with van der Waals surface area (Å²) in [6.07, 6.45) is 3.13. The Bertz CT molecular complexity index is 620. The van der Waals surface area contributed by atoms with Crippen molar-refractivity contribution in [1.82, 2.24) is 4.90 Å². The average Bonchev–Trinajstić information content (AvgIpc) is 2.67. The van der Waals surface area contributed by atoms with Crippen LogP contribution in [0.4, 0.5) is 5.69 Å². The van der Waals surface area contributed by atoms with Crippen LogP contribution in [0.3, 0.4) is 0 Å². The van der Waals surface area contributed by atoms with E-state index in [-0.39, 0.29) is 24.3 Å². The Morgan fingerprint density at radius 2 is 1.92 bits per heavy atom. The Morgan fingerprint density at radius 3 is 2.62 bits per heavy atom. The number of methoxy groups -OCH3 is 3. The molecule has 0 unspecified atom stereocenters. The zero-order chi connectivity index (χ0) is 18.9. The number of likely N-dealkylation sites (tertiary alicyclic amines) is 1. The molecule has 0 aromatic heterocycles. The van der Waals surface area contributed by atoms with Crippen molar-refractivity contribution in [2.24, 2.45) is 0 Å². The van der Waals surface area contributed by atoms with Crippen molar-refractivity contribution < 1.29 is 23.8 Å². The van der Waals surface area contributed by atoms with Crippen LogP contribution in [0.2, 0.25) is 0 Å². The highest BCUT2D eigenvalue weighted by molar-refractivity contribution is 5.77. The quantitative estimate of drug-likeness (QED) is 0.714. The number of benzene rings is 1. The summed E-state index contributed by atoms with van der Waals surface area (Å²) in [5.74, 6) is 1.17. The van der Waals surface area contributed by atoms with E-state index in [1.807, 2.05) is 23.1 Å². The second-order valence-corrected chi connectivity index (χ2v) is 6.32. The van der Waals surface area contributed by atoms with Crippen molar-refractivity contribution in [2.75, 3.05) is 39.7 Å². The summed E-state index contributed by atoms with van der Waals surface area (Å²) in [5.41, 5.74) is 0.938. The first-order valence-electron chi connectivity index (χ1n) is 8.90. The summed E-state index contributed by atoms with van der Waals surface area (Å²) in [5, 5.41) is 3.47. The molecule has 0 saturated carbocycles. The molecule has 1 amide bonds. The second kappa shape index (κ2) is 9.89. The number of ether oxygens (including phenoxy) is 3. The monoisotopic (exact) mass is 364 g/mol. The highest BCUT2D eigenvalue weighted by Gasteiger charge is 2.23. The maximum absolute atomic E-state index is 12.4. The van der Waals surface area contributed by atoms with E-state index >= 15 is 0 Å². The molecule has 0 radical (unpaired) electrons. The van der Waals surface area contributed by atoms with Gasteiger partial charge in [0.25, 0.3) is 0 Å². The van der Waals surface area contributed by atoms with E-state index < -0.39 is 0 Å². The van der Waals surface area contributed by atoms with Gasteiger partial charge in [0.15, 0.2) is 11.5 Å². The van der Waals surface area contributed by atoms with Crippen molar-refractivity contribution in [3.63, 3.8) is 0 Å². The highest BCUT2D eigenvalue weighted by atomic mass is 16.5. The SMILES string of the molecule is COC(=O)CCCC(=O)N1CCC[C@@H](Nc2ccc(OC)c(OC)c2)C1. The molecule has 1 heterocycles. The predicted octanol–water partition coefficient (Wildman–Crippen LogP) is 2.45. The summed E-state index contributed by atoms with van der Waals surface area (Å²) < 4.78 is 15.2. The van der Waals surface area contributed by atoms with Crippen molar-refractivity contribution in [2.45, 2.75) is 38.1 Å². The van der Waals surface area contributed by atoms with Crippen LogP contribution in [0, 0.1) is 0 Å². The molecule has 0 spiro atoms. The molecule has 1 saturated heterocycles. The number of piperidine rings is 1. The number of hydrogen-bond donors (Lipinski definition) is 1. The van der Waals surface area contributed by atoms with Crippen LogP contribution in [-0.2, 0) is 14.3 Å². The highest BCUT2D eigenvalue weighted by Crippen LogP contribution is 2.30. The van der Waals surface area contributed by atoms with Crippen molar-refractivity contribution >= 4 is 17.6 Å². The van der Waals surface area contributed by atoms with Gasteiger partial charge in [0.2, 0.25) is 5.91 Å². The summed E-state index contributed by atoms with van der Waals surface area (Å²) in [6, 6.07) is 5.89. The zero-order valence-corrected chi connectivity index (χ0v) is 15.7. The number of esters is 1. The van der Waals surface area contributed by atoms with Crippen LogP contribution in [0.5, 0.6) is 11.5 Å². The maximum atomic E-state index is 12.4. The summed E-state index contributed by atoms with van der Waals surface area (Å²) in [4.78, 5) is 25.4. The Hall–Kier alpha value is -2.44. The molecular weight excluding hydrogens is 336 g/mol. The molecule has 1 fully saturated rings. The number of nitrogens with zero attached hydrogens (tertiary/aromatic N) is 1. The van der Waals surface area contributed by atoms with Gasteiger partial charge in [0, 0.05) is 43.7 Å². The number of carbonyl (C=O) groups is 2. The first kappa shape index (κ1) is 19.9. The van der Waals surface area contributed by atoms with Crippen LogP contribution in [0.1, 0.15) is 32.1 Å². The lowest BCUT2D eigenvalue weighted by Crippen LogP contribution is -2.45. The van der Waals surface area contributed by atoms with Gasteiger partial charge in [-0.2, -0.15) is 0 Å². The number of carbonyl (C=O) groups excluding carboxylic acids is 2. The van der Waals surface area contributed by atoms with Gasteiger partial charge in [-0.1, -0.05) is 0 Å². The van der Waals surface area contributed by atoms with E-state index in [1.54, 1.807) is 14.2 Å². The van der Waals surface area contributed by atoms with Gasteiger partial charge in [0.1, 0.15) is 0 Å². The van der Waals surface area contributed by atoms with Crippen LogP contribution in [0.25, 0.3) is 0 Å². The second-order valence-electron chi connectivity index (χ2n) is 6.32. The molecule has 1 aliphatic heterocycles. The first-order chi connectivity index (χ1) is 12.6. The van der Waals surface area contributed by atoms with E-state index in [0.717, 1.165) is 25.1 Å². The molecule has 1 N–H and O–H groups in total. The average molecular weight is 364 g/mol. The number of anilines is 1. The van der Waals surface area contributed by atoms with Crippen LogP contribution < -0.4 is 14.8 Å². The molecule has 0 aliphatic carbocycles. The molecule has 1 aliphatic rings. The zero-order valence-electron chi connectivity index (χ0n) is 15.7. The normalized spacial score (nSPS) is 16.7. The van der Waals surface area contributed by atoms with E-state index in [4.69, 9.17) is 9.47 Å². The Balaban J connectivity index is 1.87. The van der Waals surface area contributed by atoms with Crippen molar-refractivity contribution in [1.29, 1.82) is 0 Å². The van der Waals surface area contributed by atoms with E-state index in [1.165, 1.54) is 7.11 Å². The summed E-state index contributed by atoms with van der Waals surface area (Å²) in [7, 11) is 4.58. The van der Waals surface area contributed by atoms with Crippen LogP contribution in [0.15, 0.2) is 18.2 Å². The summed E-state index contributed by atoms with van der Waals surface area (Å²) >= 11 is 0. The third kappa shape index (κ3) is 5.54. The van der Waals surface area contributed by atoms with E-state index in [2.05, 4.69) is 10.1 Å². The van der Waals surface area contributed by atoms with Crippen molar-refractivity contribution in [3.8, 4) is 11.5 Å². The van der Waals surface area contributed by atoms with Crippen molar-refractivity contribution in [3.05, 3.63) is 18.2 Å². The fourth-order valence-corrected chi connectivity index (χ4v) is 3.13. The Labute approximate surface area is 154 Å². The smallest absolute Gasteiger partial charge is 0.305 e. The molecule has 7 nitrogen and oxygen atoms in total. The van der Waals surface area contributed by atoms with E-state index in [9.17, 15) is 9.59 Å². The molecular formula is C19H28N2O5. The topological polar surface area (TPSA) is 77.1 Å². The lowest BCUT2D eigenvalue weighted by atomic mass is 10.0. The van der Waals surface area contributed by atoms with Gasteiger partial charge in [-0.25, -0.2) is 0 Å². The van der Waals surface area contributed by atoms with Crippen LogP contribution in [-0.4, -0.2) is 57.2 Å². The van der Waals surface area contributed by atoms with E-state index in [0.29, 0.717) is 30.9 Å². The number of nitrogens with one attached hydrogen (secondary N) is 1. The number of hydrogen-bond acceptors (Lipinski definition) is 6. The third-order valence-corrected chi connectivity index (χ3v) is 4.53. The number of amides is 1. The number of rotatable bonds is 8. The minimum absolute atomic E-state index is 0.0905. The molecule has 1 atom stereocenters. The first-order valence-corrected chi connectivity index (χ1v) is 8.90. The fourth-order valence-electron chi connectivity index (χ4n) is 3.13. The molecule has 1 aromatic carbocycles. The predicted molar refractivity (Wildman–Crippen MR) is 98.6 cm³/mol. The minimum Gasteiger partial charge on any atom is -0.493 e. The minimum atomic E-state index is -0.274. The molecule has 7 heteroatoms. The molecule has 26 heavy (non-hydrogen) atoms. The third-order valence-electron chi connectivity index (χ3n) is 4.53. The largest absolute Gasteiger partial charge is 0.493 e. The summed E-state index contributed by atoms with van der Waals surface area (Å²) in [6.45, 7) is 1.42. The van der Waals surface area contributed by atoms with Gasteiger partial charge in [-0.05, 0) is 31.4 Å². The lowest BCUT2D eigenvalue weighted by Gasteiger charge is -2.34. The fraction of sp³-hybridized carbons (Fsp3) is 0.579. The molecule has 0 bridgehead atoms. The van der Waals surface area contributed by atoms with Gasteiger partial charge < -0.3 is 24.4 Å². The van der Waals surface area contributed by atoms with Crippen LogP contribution >= 0.6 is 0 Å². The Morgan fingerprint density at radius 1 is 1.15 bits per heavy atom. The van der Waals surface area contributed by atoms with Gasteiger partial charge in [-0.3, -0.25) is 9.59 Å². The lowest BCUT2D eigenvalue weighted by molar-refractivity contribution is -0.141.